The molecule has 2 aromatic rings. The monoisotopic (exact) mass is 320 g/mol. The largest absolute Gasteiger partial charge is 0.464 e. The molecule has 8 heteroatoms. The molecule has 1 unspecified atom stereocenters. The molecule has 3 heterocycles. The average molecular weight is 320 g/mol. The summed E-state index contributed by atoms with van der Waals surface area (Å²) in [5.41, 5.74) is 1.85. The standard InChI is InChI=1S/C14H16N4O3S/c1-21-13(20)10-4-9(6-16-10)11-7-22-14(17-11)18-12(19)8-2-3-15-5-8/h4,6-8,15-16H,2-3,5H2,1H3,(H,17,18,19). The van der Waals surface area contributed by atoms with Crippen LogP contribution in [0.3, 0.4) is 0 Å². The maximum atomic E-state index is 12.0. The molecule has 1 aliphatic heterocycles. The van der Waals surface area contributed by atoms with E-state index < -0.39 is 5.97 Å². The second-order valence-corrected chi connectivity index (χ2v) is 5.87. The van der Waals surface area contributed by atoms with Crippen LogP contribution >= 0.6 is 11.3 Å². The summed E-state index contributed by atoms with van der Waals surface area (Å²) in [7, 11) is 1.33. The van der Waals surface area contributed by atoms with Gasteiger partial charge in [-0.25, -0.2) is 9.78 Å². The van der Waals surface area contributed by atoms with Gasteiger partial charge in [-0.3, -0.25) is 4.79 Å². The highest BCUT2D eigenvalue weighted by molar-refractivity contribution is 7.14. The Hall–Kier alpha value is -2.19. The Kier molecular flexibility index (Phi) is 4.21. The van der Waals surface area contributed by atoms with Gasteiger partial charge in [0, 0.05) is 23.7 Å². The van der Waals surface area contributed by atoms with Crippen LogP contribution < -0.4 is 10.6 Å². The molecule has 0 aromatic carbocycles. The number of carbonyl (C=O) groups excluding carboxylic acids is 2. The predicted molar refractivity (Wildman–Crippen MR) is 82.8 cm³/mol. The zero-order chi connectivity index (χ0) is 15.5. The van der Waals surface area contributed by atoms with Gasteiger partial charge in [0.25, 0.3) is 0 Å². The molecule has 22 heavy (non-hydrogen) atoms. The van der Waals surface area contributed by atoms with E-state index >= 15 is 0 Å². The molecule has 0 spiro atoms. The second kappa shape index (κ2) is 6.29. The molecule has 116 valence electrons. The fourth-order valence-electron chi connectivity index (χ4n) is 2.32. The summed E-state index contributed by atoms with van der Waals surface area (Å²) in [6.07, 6.45) is 2.54. The Bertz CT molecular complexity index is 688. The van der Waals surface area contributed by atoms with E-state index in [1.807, 2.05) is 5.38 Å². The molecule has 0 radical (unpaired) electrons. The lowest BCUT2D eigenvalue weighted by molar-refractivity contribution is -0.119. The minimum atomic E-state index is -0.427. The quantitative estimate of drug-likeness (QED) is 0.741. The van der Waals surface area contributed by atoms with Gasteiger partial charge in [-0.15, -0.1) is 11.3 Å². The number of esters is 1. The van der Waals surface area contributed by atoms with Crippen LogP contribution in [0.5, 0.6) is 0 Å². The van der Waals surface area contributed by atoms with Crippen molar-refractivity contribution in [1.29, 1.82) is 0 Å². The highest BCUT2D eigenvalue weighted by Gasteiger charge is 2.23. The number of H-pyrrole nitrogens is 1. The number of hydrogen-bond donors (Lipinski definition) is 3. The van der Waals surface area contributed by atoms with Gasteiger partial charge >= 0.3 is 5.97 Å². The van der Waals surface area contributed by atoms with Crippen molar-refractivity contribution in [2.75, 3.05) is 25.5 Å². The lowest BCUT2D eigenvalue weighted by Crippen LogP contribution is -2.24. The smallest absolute Gasteiger partial charge is 0.354 e. The highest BCUT2D eigenvalue weighted by atomic mass is 32.1. The van der Waals surface area contributed by atoms with E-state index in [9.17, 15) is 9.59 Å². The maximum absolute atomic E-state index is 12.0. The van der Waals surface area contributed by atoms with E-state index in [-0.39, 0.29) is 11.8 Å². The van der Waals surface area contributed by atoms with E-state index in [1.54, 1.807) is 12.3 Å². The number of carbonyl (C=O) groups is 2. The van der Waals surface area contributed by atoms with Gasteiger partial charge < -0.3 is 20.4 Å². The summed E-state index contributed by atoms with van der Waals surface area (Å²) >= 11 is 1.36. The Morgan fingerprint density at radius 3 is 3.09 bits per heavy atom. The van der Waals surface area contributed by atoms with Crippen molar-refractivity contribution >= 4 is 28.3 Å². The van der Waals surface area contributed by atoms with Crippen molar-refractivity contribution in [1.82, 2.24) is 15.3 Å². The molecule has 0 bridgehead atoms. The van der Waals surface area contributed by atoms with Gasteiger partial charge in [0.2, 0.25) is 5.91 Å². The lowest BCUT2D eigenvalue weighted by atomic mass is 10.1. The molecule has 1 atom stereocenters. The first-order chi connectivity index (χ1) is 10.7. The van der Waals surface area contributed by atoms with Gasteiger partial charge in [-0.2, -0.15) is 0 Å². The molecule has 3 N–H and O–H groups in total. The maximum Gasteiger partial charge on any atom is 0.354 e. The lowest BCUT2D eigenvalue weighted by Gasteiger charge is -2.06. The summed E-state index contributed by atoms with van der Waals surface area (Å²) in [4.78, 5) is 30.7. The van der Waals surface area contributed by atoms with E-state index in [0.29, 0.717) is 23.1 Å². The number of aromatic amines is 1. The van der Waals surface area contributed by atoms with Crippen LogP contribution in [0.1, 0.15) is 16.9 Å². The first kappa shape index (κ1) is 14.7. The molecule has 3 rings (SSSR count). The number of aromatic nitrogens is 2. The normalized spacial score (nSPS) is 17.4. The molecule has 7 nitrogen and oxygen atoms in total. The molecule has 1 saturated heterocycles. The molecular formula is C14H16N4O3S. The third kappa shape index (κ3) is 3.02. The Morgan fingerprint density at radius 2 is 2.36 bits per heavy atom. The zero-order valence-electron chi connectivity index (χ0n) is 12.0. The third-order valence-corrected chi connectivity index (χ3v) is 4.31. The van der Waals surface area contributed by atoms with Crippen LogP contribution in [0.25, 0.3) is 11.3 Å². The second-order valence-electron chi connectivity index (χ2n) is 5.01. The van der Waals surface area contributed by atoms with Crippen molar-refractivity contribution in [2.24, 2.45) is 5.92 Å². The van der Waals surface area contributed by atoms with Crippen LogP contribution in [-0.4, -0.2) is 42.0 Å². The van der Waals surface area contributed by atoms with Crippen molar-refractivity contribution in [2.45, 2.75) is 6.42 Å². The fourth-order valence-corrected chi connectivity index (χ4v) is 3.04. The first-order valence-corrected chi connectivity index (χ1v) is 7.79. The van der Waals surface area contributed by atoms with Gasteiger partial charge in [0.1, 0.15) is 5.69 Å². The summed E-state index contributed by atoms with van der Waals surface area (Å²) in [5, 5.41) is 8.41. The third-order valence-electron chi connectivity index (χ3n) is 3.55. The Balaban J connectivity index is 1.69. The van der Waals surface area contributed by atoms with E-state index in [4.69, 9.17) is 0 Å². The molecule has 0 saturated carbocycles. The van der Waals surface area contributed by atoms with Gasteiger partial charge in [-0.05, 0) is 19.0 Å². The minimum absolute atomic E-state index is 0.00443. The van der Waals surface area contributed by atoms with E-state index in [2.05, 4.69) is 25.3 Å². The number of thiazole rings is 1. The fraction of sp³-hybridized carbons (Fsp3) is 0.357. The number of methoxy groups -OCH3 is 1. The molecule has 1 aliphatic rings. The number of hydrogen-bond acceptors (Lipinski definition) is 6. The van der Waals surface area contributed by atoms with Crippen molar-refractivity contribution in [3.05, 3.63) is 23.3 Å². The zero-order valence-corrected chi connectivity index (χ0v) is 12.8. The van der Waals surface area contributed by atoms with E-state index in [1.165, 1.54) is 18.4 Å². The summed E-state index contributed by atoms with van der Waals surface area (Å²) in [6, 6.07) is 1.67. The topological polar surface area (TPSA) is 96.1 Å². The van der Waals surface area contributed by atoms with Crippen molar-refractivity contribution < 1.29 is 14.3 Å². The van der Waals surface area contributed by atoms with Gasteiger partial charge in [0.15, 0.2) is 5.13 Å². The molecule has 0 aliphatic carbocycles. The Labute approximate surface area is 131 Å². The van der Waals surface area contributed by atoms with Crippen LogP contribution in [0.4, 0.5) is 5.13 Å². The predicted octanol–water partition coefficient (Wildman–Crippen LogP) is 1.47. The van der Waals surface area contributed by atoms with Crippen LogP contribution in [-0.2, 0) is 9.53 Å². The molecule has 1 fully saturated rings. The molecule has 1 amide bonds. The number of nitrogens with zero attached hydrogens (tertiary/aromatic N) is 1. The number of rotatable bonds is 4. The molecule has 2 aromatic heterocycles. The first-order valence-electron chi connectivity index (χ1n) is 6.91. The van der Waals surface area contributed by atoms with Crippen LogP contribution in [0, 0.1) is 5.92 Å². The van der Waals surface area contributed by atoms with Crippen LogP contribution in [0.2, 0.25) is 0 Å². The summed E-state index contributed by atoms with van der Waals surface area (Å²) in [6.45, 7) is 1.59. The van der Waals surface area contributed by atoms with Crippen LogP contribution in [0.15, 0.2) is 17.6 Å². The number of anilines is 1. The van der Waals surface area contributed by atoms with E-state index in [0.717, 1.165) is 18.5 Å². The molecular weight excluding hydrogens is 304 g/mol. The van der Waals surface area contributed by atoms with Crippen molar-refractivity contribution in [3.8, 4) is 11.3 Å². The Morgan fingerprint density at radius 1 is 1.50 bits per heavy atom. The minimum Gasteiger partial charge on any atom is -0.464 e. The SMILES string of the molecule is COC(=O)c1cc(-c2csc(NC(=O)C3CCNC3)n2)c[nH]1. The number of nitrogens with one attached hydrogen (secondary N) is 3. The number of ether oxygens (including phenoxy) is 1. The van der Waals surface area contributed by atoms with Gasteiger partial charge in [0.05, 0.1) is 18.7 Å². The van der Waals surface area contributed by atoms with Crippen molar-refractivity contribution in [3.63, 3.8) is 0 Å². The average Bonchev–Trinajstić information content (AvgIpc) is 3.25. The summed E-state index contributed by atoms with van der Waals surface area (Å²) in [5.74, 6) is -0.426. The highest BCUT2D eigenvalue weighted by Crippen LogP contribution is 2.26. The van der Waals surface area contributed by atoms with Gasteiger partial charge in [-0.1, -0.05) is 0 Å². The number of amides is 1. The summed E-state index contributed by atoms with van der Waals surface area (Å²) < 4.78 is 4.65.